The summed E-state index contributed by atoms with van der Waals surface area (Å²) in [7, 11) is 0. The standard InChI is InChI=1S/C9H14N2OS/c1-9(2,10)6-7(12)11-8-4-3-5-13-8/h3-5H,6,10H2,1-2H3,(H,11,12). The van der Waals surface area contributed by atoms with Gasteiger partial charge in [-0.3, -0.25) is 4.79 Å². The summed E-state index contributed by atoms with van der Waals surface area (Å²) in [6.45, 7) is 3.67. The predicted molar refractivity (Wildman–Crippen MR) is 55.8 cm³/mol. The van der Waals surface area contributed by atoms with E-state index in [0.717, 1.165) is 5.00 Å². The number of anilines is 1. The average Bonchev–Trinajstić information content (AvgIpc) is 2.34. The number of carbonyl (C=O) groups is 1. The lowest BCUT2D eigenvalue weighted by atomic mass is 10.0. The van der Waals surface area contributed by atoms with Gasteiger partial charge in [0, 0.05) is 12.0 Å². The molecule has 0 aliphatic carbocycles. The molecule has 3 N–H and O–H groups in total. The topological polar surface area (TPSA) is 55.1 Å². The summed E-state index contributed by atoms with van der Waals surface area (Å²) in [5.74, 6) is -0.0325. The zero-order valence-electron chi connectivity index (χ0n) is 7.83. The van der Waals surface area contributed by atoms with Crippen molar-refractivity contribution in [3.8, 4) is 0 Å². The Bertz CT molecular complexity index is 274. The molecule has 0 saturated heterocycles. The number of carbonyl (C=O) groups excluding carboxylic acids is 1. The van der Waals surface area contributed by atoms with Crippen LogP contribution in [0.1, 0.15) is 20.3 Å². The van der Waals surface area contributed by atoms with E-state index in [2.05, 4.69) is 5.32 Å². The van der Waals surface area contributed by atoms with Crippen molar-refractivity contribution in [2.75, 3.05) is 5.32 Å². The van der Waals surface area contributed by atoms with E-state index in [0.29, 0.717) is 6.42 Å². The average molecular weight is 198 g/mol. The number of nitrogens with one attached hydrogen (secondary N) is 1. The van der Waals surface area contributed by atoms with Gasteiger partial charge in [-0.25, -0.2) is 0 Å². The summed E-state index contributed by atoms with van der Waals surface area (Å²) < 4.78 is 0. The van der Waals surface area contributed by atoms with E-state index in [1.54, 1.807) is 0 Å². The van der Waals surface area contributed by atoms with Crippen LogP contribution in [-0.2, 0) is 4.79 Å². The molecule has 0 atom stereocenters. The fourth-order valence-corrected chi connectivity index (χ4v) is 1.58. The normalized spacial score (nSPS) is 11.3. The minimum atomic E-state index is -0.443. The van der Waals surface area contributed by atoms with Gasteiger partial charge in [0.25, 0.3) is 0 Å². The van der Waals surface area contributed by atoms with Gasteiger partial charge >= 0.3 is 0 Å². The first-order chi connectivity index (χ1) is 5.97. The zero-order chi connectivity index (χ0) is 9.90. The van der Waals surface area contributed by atoms with E-state index in [1.165, 1.54) is 11.3 Å². The van der Waals surface area contributed by atoms with Crippen LogP contribution in [0.2, 0.25) is 0 Å². The van der Waals surface area contributed by atoms with Gasteiger partial charge in [-0.05, 0) is 31.4 Å². The van der Waals surface area contributed by atoms with Crippen molar-refractivity contribution >= 4 is 22.2 Å². The van der Waals surface area contributed by atoms with Gasteiger partial charge in [0.2, 0.25) is 5.91 Å². The third-order valence-electron chi connectivity index (χ3n) is 1.40. The van der Waals surface area contributed by atoms with Gasteiger partial charge in [-0.15, -0.1) is 11.3 Å². The molecule has 72 valence electrons. The molecule has 0 fully saturated rings. The first kappa shape index (κ1) is 10.2. The molecule has 1 aromatic rings. The largest absolute Gasteiger partial charge is 0.325 e. The summed E-state index contributed by atoms with van der Waals surface area (Å²) in [5, 5.41) is 5.57. The van der Waals surface area contributed by atoms with Crippen molar-refractivity contribution in [3.05, 3.63) is 17.5 Å². The fourth-order valence-electron chi connectivity index (χ4n) is 0.945. The molecule has 1 rings (SSSR count). The van der Waals surface area contributed by atoms with E-state index in [9.17, 15) is 4.79 Å². The molecule has 1 heterocycles. The second-order valence-electron chi connectivity index (χ2n) is 3.69. The Balaban J connectivity index is 2.43. The van der Waals surface area contributed by atoms with E-state index in [1.807, 2.05) is 31.4 Å². The van der Waals surface area contributed by atoms with Crippen molar-refractivity contribution in [1.29, 1.82) is 0 Å². The van der Waals surface area contributed by atoms with Crippen molar-refractivity contribution in [2.45, 2.75) is 25.8 Å². The number of amides is 1. The number of nitrogens with two attached hydrogens (primary N) is 1. The molecular formula is C9H14N2OS. The minimum absolute atomic E-state index is 0.0325. The van der Waals surface area contributed by atoms with Crippen LogP contribution in [0.25, 0.3) is 0 Å². The molecule has 4 heteroatoms. The van der Waals surface area contributed by atoms with Crippen molar-refractivity contribution < 1.29 is 4.79 Å². The SMILES string of the molecule is CC(C)(N)CC(=O)Nc1cccs1. The van der Waals surface area contributed by atoms with Gasteiger partial charge in [0.1, 0.15) is 0 Å². The lowest BCUT2D eigenvalue weighted by Crippen LogP contribution is -2.36. The van der Waals surface area contributed by atoms with Crippen LogP contribution in [-0.4, -0.2) is 11.4 Å². The van der Waals surface area contributed by atoms with Crippen LogP contribution in [0.4, 0.5) is 5.00 Å². The van der Waals surface area contributed by atoms with Crippen LogP contribution in [0.3, 0.4) is 0 Å². The Morgan fingerprint density at radius 1 is 1.69 bits per heavy atom. The summed E-state index contributed by atoms with van der Waals surface area (Å²) in [6, 6.07) is 3.76. The third kappa shape index (κ3) is 4.05. The third-order valence-corrected chi connectivity index (χ3v) is 2.19. The highest BCUT2D eigenvalue weighted by Gasteiger charge is 2.16. The highest BCUT2D eigenvalue weighted by Crippen LogP contribution is 2.16. The summed E-state index contributed by atoms with van der Waals surface area (Å²) in [6.07, 6.45) is 0.338. The molecule has 0 bridgehead atoms. The van der Waals surface area contributed by atoms with Gasteiger partial charge in [0.15, 0.2) is 0 Å². The minimum Gasteiger partial charge on any atom is -0.325 e. The number of thiophene rings is 1. The monoisotopic (exact) mass is 198 g/mol. The van der Waals surface area contributed by atoms with E-state index < -0.39 is 5.54 Å². The number of hydrogen-bond acceptors (Lipinski definition) is 3. The first-order valence-corrected chi connectivity index (χ1v) is 4.97. The molecular weight excluding hydrogens is 184 g/mol. The Labute approximate surface area is 81.9 Å². The maximum Gasteiger partial charge on any atom is 0.226 e. The molecule has 13 heavy (non-hydrogen) atoms. The highest BCUT2D eigenvalue weighted by molar-refractivity contribution is 7.14. The molecule has 1 aromatic heterocycles. The number of rotatable bonds is 3. The molecule has 0 saturated carbocycles. The van der Waals surface area contributed by atoms with Crippen LogP contribution in [0, 0.1) is 0 Å². The second-order valence-corrected chi connectivity index (χ2v) is 4.64. The molecule has 0 spiro atoms. The molecule has 0 aliphatic rings. The predicted octanol–water partition coefficient (Wildman–Crippen LogP) is 1.81. The van der Waals surface area contributed by atoms with Crippen LogP contribution >= 0.6 is 11.3 Å². The van der Waals surface area contributed by atoms with Gasteiger partial charge in [0.05, 0.1) is 5.00 Å². The van der Waals surface area contributed by atoms with Crippen molar-refractivity contribution in [3.63, 3.8) is 0 Å². The van der Waals surface area contributed by atoms with Crippen molar-refractivity contribution in [2.24, 2.45) is 5.73 Å². The molecule has 0 radical (unpaired) electrons. The fraction of sp³-hybridized carbons (Fsp3) is 0.444. The Kier molecular flexibility index (Phi) is 3.06. The summed E-state index contributed by atoms with van der Waals surface area (Å²) >= 11 is 1.50. The van der Waals surface area contributed by atoms with Crippen LogP contribution in [0.15, 0.2) is 17.5 Å². The second kappa shape index (κ2) is 3.89. The number of hydrogen-bond donors (Lipinski definition) is 2. The van der Waals surface area contributed by atoms with Crippen LogP contribution in [0.5, 0.6) is 0 Å². The van der Waals surface area contributed by atoms with Gasteiger partial charge in [-0.2, -0.15) is 0 Å². The highest BCUT2D eigenvalue weighted by atomic mass is 32.1. The first-order valence-electron chi connectivity index (χ1n) is 4.10. The quantitative estimate of drug-likeness (QED) is 0.778. The molecule has 0 aromatic carbocycles. The van der Waals surface area contributed by atoms with E-state index in [-0.39, 0.29) is 5.91 Å². The zero-order valence-corrected chi connectivity index (χ0v) is 8.65. The maximum absolute atomic E-state index is 11.3. The molecule has 0 unspecified atom stereocenters. The maximum atomic E-state index is 11.3. The molecule has 3 nitrogen and oxygen atoms in total. The summed E-state index contributed by atoms with van der Waals surface area (Å²) in [4.78, 5) is 11.3. The van der Waals surface area contributed by atoms with Crippen molar-refractivity contribution in [1.82, 2.24) is 0 Å². The Morgan fingerprint density at radius 3 is 2.85 bits per heavy atom. The van der Waals surface area contributed by atoms with Gasteiger partial charge < -0.3 is 11.1 Å². The van der Waals surface area contributed by atoms with Gasteiger partial charge in [-0.1, -0.05) is 0 Å². The van der Waals surface area contributed by atoms with E-state index >= 15 is 0 Å². The Morgan fingerprint density at radius 2 is 2.38 bits per heavy atom. The van der Waals surface area contributed by atoms with Crippen LogP contribution < -0.4 is 11.1 Å². The lowest BCUT2D eigenvalue weighted by Gasteiger charge is -2.16. The van der Waals surface area contributed by atoms with E-state index in [4.69, 9.17) is 5.73 Å². The summed E-state index contributed by atoms with van der Waals surface area (Å²) in [5.41, 5.74) is 5.26. The Hall–Kier alpha value is -0.870. The lowest BCUT2D eigenvalue weighted by molar-refractivity contribution is -0.117. The molecule has 0 aliphatic heterocycles. The molecule has 1 amide bonds. The smallest absolute Gasteiger partial charge is 0.226 e.